The van der Waals surface area contributed by atoms with Gasteiger partial charge in [0.1, 0.15) is 11.5 Å². The van der Waals surface area contributed by atoms with E-state index in [1.54, 1.807) is 19.1 Å². The van der Waals surface area contributed by atoms with E-state index in [4.69, 9.17) is 14.4 Å². The molecule has 6 atom stereocenters. The molecule has 0 aliphatic heterocycles. The molecule has 0 bridgehead atoms. The molecule has 0 amide bonds. The first-order valence-electron chi connectivity index (χ1n) is 17.3. The maximum absolute atomic E-state index is 12.8. The normalized spacial score (nSPS) is 30.1. The van der Waals surface area contributed by atoms with E-state index in [0.717, 1.165) is 48.1 Å². The highest BCUT2D eigenvalue weighted by atomic mass is 32.2. The zero-order chi connectivity index (χ0) is 36.2. The molecule has 2 fully saturated rings. The molecule has 0 saturated heterocycles. The lowest BCUT2D eigenvalue weighted by Gasteiger charge is -2.58. The van der Waals surface area contributed by atoms with Gasteiger partial charge < -0.3 is 9.26 Å². The summed E-state index contributed by atoms with van der Waals surface area (Å²) in [5.41, 5.74) is 4.48. The smallest absolute Gasteiger partial charge is 0.303 e. The molecule has 7 rings (SSSR count). The summed E-state index contributed by atoms with van der Waals surface area (Å²) in [6, 6.07) is 16.0. The first kappa shape index (κ1) is 35.7. The lowest BCUT2D eigenvalue weighted by atomic mass is 9.47. The maximum Gasteiger partial charge on any atom is 0.303 e. The van der Waals surface area contributed by atoms with Crippen molar-refractivity contribution in [2.45, 2.75) is 90.6 Å². The van der Waals surface area contributed by atoms with Crippen molar-refractivity contribution in [3.63, 3.8) is 0 Å². The Morgan fingerprint density at radius 1 is 0.920 bits per heavy atom. The lowest BCUT2D eigenvalue weighted by Crippen LogP contribution is -2.58. The van der Waals surface area contributed by atoms with Crippen LogP contribution in [0, 0.1) is 35.5 Å². The zero-order valence-corrected chi connectivity index (χ0v) is 30.4. The number of ether oxygens (including phenoxy) is 1. The summed E-state index contributed by atoms with van der Waals surface area (Å²) < 4.78 is 33.8. The molecule has 0 radical (unpaired) electrons. The summed E-state index contributed by atoms with van der Waals surface area (Å²) in [5, 5.41) is 9.23. The molecule has 264 valence electrons. The van der Waals surface area contributed by atoms with E-state index in [1.165, 1.54) is 30.2 Å². The minimum absolute atomic E-state index is 0.0160. The third-order valence-corrected chi connectivity index (χ3v) is 13.1. The van der Waals surface area contributed by atoms with Gasteiger partial charge in [-0.25, -0.2) is 13.6 Å². The zero-order valence-electron chi connectivity index (χ0n) is 29.6. The molecule has 2 aromatic carbocycles. The number of fused-ring (bicyclic) bond motifs is 5. The largest absolute Gasteiger partial charge is 0.451 e. The molecule has 4 aliphatic carbocycles. The number of primary sulfonamides is 1. The monoisotopic (exact) mass is 698 g/mol. The minimum atomic E-state index is -3.70. The number of rotatable bonds is 5. The van der Waals surface area contributed by atoms with Gasteiger partial charge in [-0.2, -0.15) is 0 Å². The minimum Gasteiger partial charge on any atom is -0.451 e. The number of carbonyl (C=O) groups is 3. The third-order valence-electron chi connectivity index (χ3n) is 12.2. The van der Waals surface area contributed by atoms with Crippen LogP contribution in [0.2, 0.25) is 0 Å². The van der Waals surface area contributed by atoms with Gasteiger partial charge in [0.05, 0.1) is 10.5 Å². The van der Waals surface area contributed by atoms with Crippen LogP contribution in [0.4, 0.5) is 0 Å². The molecule has 10 heteroatoms. The van der Waals surface area contributed by atoms with Crippen molar-refractivity contribution in [2.24, 2.45) is 33.7 Å². The van der Waals surface area contributed by atoms with E-state index in [0.29, 0.717) is 36.4 Å². The van der Waals surface area contributed by atoms with Gasteiger partial charge in [0.2, 0.25) is 10.0 Å². The van der Waals surface area contributed by atoms with Crippen LogP contribution in [-0.2, 0) is 29.1 Å². The summed E-state index contributed by atoms with van der Waals surface area (Å²) >= 11 is 0. The Morgan fingerprint density at radius 2 is 1.58 bits per heavy atom. The second-order valence-corrected chi connectivity index (χ2v) is 16.5. The van der Waals surface area contributed by atoms with Gasteiger partial charge in [-0.05, 0) is 105 Å². The van der Waals surface area contributed by atoms with Gasteiger partial charge in [-0.1, -0.05) is 73.1 Å². The molecule has 3 aromatic rings. The number of allylic oxidation sites excluding steroid dienone is 4. The number of benzene rings is 2. The standard InChI is InChI=1S/C24H32O4.C16H14N2O3S/c1-14-12-18-19(22(4)9-6-17(27)13-21(14)22)7-10-23(5)20(18)8-11-24(23,15(2)25)28-16(3)26;1-11-15(12-7-9-14(10-8-12)22(17,19)20)16(18-21-11)13-5-3-2-4-6-13/h12-13,18-20H,6-11H2,1-5H3;2-10H,1H3,(H2,17,19,20)/t18-,19+,20+,22-,23+,24+;/m1./s1. The summed E-state index contributed by atoms with van der Waals surface area (Å²) in [6.45, 7) is 11.5. The second kappa shape index (κ2) is 12.9. The van der Waals surface area contributed by atoms with Gasteiger partial charge in [0, 0.05) is 24.3 Å². The fourth-order valence-electron chi connectivity index (χ4n) is 9.79. The van der Waals surface area contributed by atoms with Crippen LogP contribution in [0.3, 0.4) is 0 Å². The number of Topliss-reactive ketones (excluding diaryl/α,β-unsaturated/α-hetero) is 1. The molecule has 0 spiro atoms. The van der Waals surface area contributed by atoms with Crippen molar-refractivity contribution in [3.05, 3.63) is 83.7 Å². The Bertz CT molecular complexity index is 2010. The summed E-state index contributed by atoms with van der Waals surface area (Å²) in [5.74, 6) is 1.70. The van der Waals surface area contributed by atoms with Crippen molar-refractivity contribution in [1.82, 2.24) is 5.16 Å². The van der Waals surface area contributed by atoms with Crippen LogP contribution in [0.25, 0.3) is 22.4 Å². The molecule has 2 saturated carbocycles. The van der Waals surface area contributed by atoms with Crippen molar-refractivity contribution in [1.29, 1.82) is 0 Å². The predicted molar refractivity (Wildman–Crippen MR) is 190 cm³/mol. The fraction of sp³-hybridized carbons (Fsp3) is 0.450. The van der Waals surface area contributed by atoms with Gasteiger partial charge >= 0.3 is 5.97 Å². The van der Waals surface area contributed by atoms with Crippen molar-refractivity contribution in [2.75, 3.05) is 0 Å². The van der Waals surface area contributed by atoms with E-state index < -0.39 is 15.6 Å². The highest BCUT2D eigenvalue weighted by molar-refractivity contribution is 7.89. The molecule has 50 heavy (non-hydrogen) atoms. The van der Waals surface area contributed by atoms with E-state index in [2.05, 4.69) is 32.0 Å². The van der Waals surface area contributed by atoms with Crippen LogP contribution in [0.15, 0.2) is 87.3 Å². The number of nitrogens with zero attached hydrogens (tertiary/aromatic N) is 1. The first-order chi connectivity index (χ1) is 23.5. The number of aromatic nitrogens is 1. The van der Waals surface area contributed by atoms with E-state index in [-0.39, 0.29) is 33.3 Å². The molecule has 2 N–H and O–H groups in total. The Labute approximate surface area is 294 Å². The van der Waals surface area contributed by atoms with Crippen molar-refractivity contribution >= 4 is 27.6 Å². The van der Waals surface area contributed by atoms with Crippen LogP contribution in [-0.4, -0.2) is 36.7 Å². The Morgan fingerprint density at radius 3 is 2.20 bits per heavy atom. The molecule has 1 heterocycles. The molecular formula is C40H46N2O7S. The van der Waals surface area contributed by atoms with Crippen LogP contribution >= 0.6 is 0 Å². The summed E-state index contributed by atoms with van der Waals surface area (Å²) in [7, 11) is -3.70. The lowest BCUT2D eigenvalue weighted by molar-refractivity contribution is -0.185. The Kier molecular flexibility index (Phi) is 9.18. The van der Waals surface area contributed by atoms with E-state index in [9.17, 15) is 22.8 Å². The van der Waals surface area contributed by atoms with Crippen molar-refractivity contribution < 1.29 is 32.1 Å². The predicted octanol–water partition coefficient (Wildman–Crippen LogP) is 7.54. The number of carbonyl (C=O) groups excluding carboxylic acids is 3. The maximum atomic E-state index is 12.8. The number of aryl methyl sites for hydroxylation is 1. The highest BCUT2D eigenvalue weighted by Crippen LogP contribution is 2.67. The van der Waals surface area contributed by atoms with E-state index >= 15 is 0 Å². The second-order valence-electron chi connectivity index (χ2n) is 15.0. The molecule has 1 aromatic heterocycles. The van der Waals surface area contributed by atoms with Crippen LogP contribution in [0.5, 0.6) is 0 Å². The average molecular weight is 699 g/mol. The number of hydrogen-bond donors (Lipinski definition) is 1. The SMILES string of the molecule is CC(=O)O[C@]1(C(C)=O)CC[C@H]2[C@@H]3C=C(C)C4=CC(=O)CC[C@]4(C)[C@H]3CC[C@@]21C.Cc1onc(-c2ccccc2)c1-c1ccc(S(N)(=O)=O)cc1. The number of ketones is 2. The van der Waals surface area contributed by atoms with Crippen LogP contribution < -0.4 is 5.14 Å². The number of esters is 1. The van der Waals surface area contributed by atoms with Crippen LogP contribution in [0.1, 0.15) is 78.9 Å². The fourth-order valence-corrected chi connectivity index (χ4v) is 10.3. The molecular weight excluding hydrogens is 653 g/mol. The topological polar surface area (TPSA) is 147 Å². The number of hydrogen-bond acceptors (Lipinski definition) is 8. The average Bonchev–Trinajstić information content (AvgIpc) is 3.59. The third kappa shape index (κ3) is 5.90. The first-order valence-corrected chi connectivity index (χ1v) is 18.9. The molecule has 0 unspecified atom stereocenters. The molecule has 4 aliphatic rings. The quantitative estimate of drug-likeness (QED) is 0.269. The van der Waals surface area contributed by atoms with Gasteiger partial charge in [-0.3, -0.25) is 14.4 Å². The van der Waals surface area contributed by atoms with E-state index in [1.807, 2.05) is 43.3 Å². The number of sulfonamides is 1. The highest BCUT2D eigenvalue weighted by Gasteiger charge is 2.67. The van der Waals surface area contributed by atoms with Gasteiger partial charge in [0.15, 0.2) is 17.2 Å². The Balaban J connectivity index is 0.000000178. The van der Waals surface area contributed by atoms with Gasteiger partial charge in [0.25, 0.3) is 0 Å². The summed E-state index contributed by atoms with van der Waals surface area (Å²) in [4.78, 5) is 36.8. The Hall–Kier alpha value is -4.15. The van der Waals surface area contributed by atoms with Gasteiger partial charge in [-0.15, -0.1) is 0 Å². The molecule has 9 nitrogen and oxygen atoms in total. The summed E-state index contributed by atoms with van der Waals surface area (Å²) in [6.07, 6.45) is 9.20. The van der Waals surface area contributed by atoms with Crippen molar-refractivity contribution in [3.8, 4) is 22.4 Å². The number of nitrogens with two attached hydrogens (primary N) is 1.